The summed E-state index contributed by atoms with van der Waals surface area (Å²) < 4.78 is 17.2. The van der Waals surface area contributed by atoms with Crippen molar-refractivity contribution in [3.8, 4) is 5.75 Å². The van der Waals surface area contributed by atoms with Crippen molar-refractivity contribution in [1.29, 1.82) is 0 Å². The lowest BCUT2D eigenvalue weighted by Crippen LogP contribution is -2.40. The molecule has 4 rings (SSSR count). The van der Waals surface area contributed by atoms with Gasteiger partial charge in [-0.25, -0.2) is 9.78 Å². The number of amides is 2. The van der Waals surface area contributed by atoms with Crippen molar-refractivity contribution in [1.82, 2.24) is 15.2 Å². The molecule has 8 nitrogen and oxygen atoms in total. The van der Waals surface area contributed by atoms with E-state index in [1.807, 2.05) is 45.9 Å². The third-order valence-corrected chi connectivity index (χ3v) is 6.36. The number of hydrogen-bond donors (Lipinski definition) is 1. The van der Waals surface area contributed by atoms with Gasteiger partial charge in [0.05, 0.1) is 21.6 Å². The summed E-state index contributed by atoms with van der Waals surface area (Å²) >= 11 is 1.55. The van der Waals surface area contributed by atoms with Gasteiger partial charge in [-0.1, -0.05) is 0 Å². The molecule has 176 valence electrons. The van der Waals surface area contributed by atoms with Crippen LogP contribution in [-0.2, 0) is 11.3 Å². The summed E-state index contributed by atoms with van der Waals surface area (Å²) in [7, 11) is 0. The van der Waals surface area contributed by atoms with Crippen LogP contribution in [0, 0.1) is 13.8 Å². The van der Waals surface area contributed by atoms with Crippen molar-refractivity contribution in [2.75, 3.05) is 13.1 Å². The van der Waals surface area contributed by atoms with Gasteiger partial charge in [-0.15, -0.1) is 11.3 Å². The van der Waals surface area contributed by atoms with Crippen molar-refractivity contribution in [3.05, 3.63) is 45.6 Å². The van der Waals surface area contributed by atoms with Gasteiger partial charge in [0, 0.05) is 24.5 Å². The Kier molecular flexibility index (Phi) is 6.34. The number of ether oxygens (including phenoxy) is 2. The summed E-state index contributed by atoms with van der Waals surface area (Å²) in [5.41, 5.74) is 3.31. The maximum Gasteiger partial charge on any atom is 0.410 e. The molecule has 1 saturated heterocycles. The third kappa shape index (κ3) is 5.30. The minimum absolute atomic E-state index is 0.150. The Morgan fingerprint density at radius 2 is 2.09 bits per heavy atom. The molecule has 1 fully saturated rings. The van der Waals surface area contributed by atoms with E-state index in [2.05, 4.69) is 10.3 Å². The molecule has 1 aromatic carbocycles. The SMILES string of the molecule is Cc1ncsc1COc1ccc2oc(C)c(C(=O)NC3CCN(C(=O)OC(C)(C)C)C3)c2c1. The Bertz CT molecular complexity index is 1180. The molecular weight excluding hydrogens is 442 g/mol. The van der Waals surface area contributed by atoms with E-state index in [0.717, 1.165) is 10.6 Å². The fourth-order valence-electron chi connectivity index (χ4n) is 3.81. The number of carbonyl (C=O) groups is 2. The normalized spacial score (nSPS) is 16.3. The van der Waals surface area contributed by atoms with E-state index in [-0.39, 0.29) is 18.0 Å². The third-order valence-electron chi connectivity index (χ3n) is 5.45. The lowest BCUT2D eigenvalue weighted by Gasteiger charge is -2.24. The number of likely N-dealkylation sites (tertiary alicyclic amines) is 1. The van der Waals surface area contributed by atoms with Crippen LogP contribution in [0.4, 0.5) is 4.79 Å². The minimum atomic E-state index is -0.552. The highest BCUT2D eigenvalue weighted by atomic mass is 32.1. The predicted octanol–water partition coefficient (Wildman–Crippen LogP) is 4.82. The number of nitrogens with zero attached hydrogens (tertiary/aromatic N) is 2. The summed E-state index contributed by atoms with van der Waals surface area (Å²) in [4.78, 5) is 32.4. The average Bonchev–Trinajstić information content (AvgIpc) is 3.43. The second-order valence-electron chi connectivity index (χ2n) is 9.23. The highest BCUT2D eigenvalue weighted by Gasteiger charge is 2.31. The van der Waals surface area contributed by atoms with E-state index in [9.17, 15) is 9.59 Å². The molecule has 2 amide bonds. The summed E-state index contributed by atoms with van der Waals surface area (Å²) in [6, 6.07) is 5.33. The number of thiazole rings is 1. The zero-order valence-corrected chi connectivity index (χ0v) is 20.4. The smallest absolute Gasteiger partial charge is 0.410 e. The van der Waals surface area contributed by atoms with Crippen LogP contribution >= 0.6 is 11.3 Å². The number of furan rings is 1. The van der Waals surface area contributed by atoms with Crippen LogP contribution in [0.3, 0.4) is 0 Å². The number of carbonyl (C=O) groups excluding carboxylic acids is 2. The maximum absolute atomic E-state index is 13.1. The summed E-state index contributed by atoms with van der Waals surface area (Å²) in [5.74, 6) is 0.972. The molecule has 0 bridgehead atoms. The lowest BCUT2D eigenvalue weighted by atomic mass is 10.1. The second-order valence-corrected chi connectivity index (χ2v) is 10.2. The monoisotopic (exact) mass is 471 g/mol. The molecule has 1 unspecified atom stereocenters. The molecule has 9 heteroatoms. The van der Waals surface area contributed by atoms with Gasteiger partial charge in [0.15, 0.2) is 0 Å². The van der Waals surface area contributed by atoms with Crippen molar-refractivity contribution in [3.63, 3.8) is 0 Å². The average molecular weight is 472 g/mol. The molecule has 1 aliphatic rings. The standard InChI is InChI=1S/C24H29N3O5S/c1-14-20(33-13-25-14)12-30-17-6-7-19-18(10-17)21(15(2)31-19)22(28)26-16-8-9-27(11-16)23(29)32-24(3,4)5/h6-7,10,13,16H,8-9,11-12H2,1-5H3,(H,26,28). The molecule has 2 aromatic heterocycles. The lowest BCUT2D eigenvalue weighted by molar-refractivity contribution is 0.0290. The van der Waals surface area contributed by atoms with Crippen molar-refractivity contribution in [2.24, 2.45) is 0 Å². The van der Waals surface area contributed by atoms with Gasteiger partial charge < -0.3 is 24.1 Å². The van der Waals surface area contributed by atoms with Crippen LogP contribution in [0.5, 0.6) is 5.75 Å². The van der Waals surface area contributed by atoms with Crippen LogP contribution in [0.1, 0.15) is 53.9 Å². The van der Waals surface area contributed by atoms with E-state index < -0.39 is 5.60 Å². The van der Waals surface area contributed by atoms with Crippen molar-refractivity contribution in [2.45, 2.75) is 59.3 Å². The first-order chi connectivity index (χ1) is 15.6. The van der Waals surface area contributed by atoms with E-state index in [4.69, 9.17) is 13.9 Å². The quantitative estimate of drug-likeness (QED) is 0.573. The van der Waals surface area contributed by atoms with Gasteiger partial charge in [0.25, 0.3) is 5.91 Å². The summed E-state index contributed by atoms with van der Waals surface area (Å²) in [6.07, 6.45) is 0.310. The first-order valence-electron chi connectivity index (χ1n) is 10.9. The Hall–Kier alpha value is -3.07. The first-order valence-corrected chi connectivity index (χ1v) is 11.8. The molecule has 3 aromatic rings. The van der Waals surface area contributed by atoms with E-state index in [0.29, 0.717) is 54.2 Å². The zero-order chi connectivity index (χ0) is 23.8. The Balaban J connectivity index is 1.45. The Labute approximate surface area is 196 Å². The zero-order valence-electron chi connectivity index (χ0n) is 19.6. The number of aryl methyl sites for hydroxylation is 2. The van der Waals surface area contributed by atoms with Crippen LogP contribution in [0.25, 0.3) is 11.0 Å². The molecule has 1 atom stereocenters. The molecule has 0 aliphatic carbocycles. The van der Waals surface area contributed by atoms with Crippen LogP contribution < -0.4 is 10.1 Å². The van der Waals surface area contributed by atoms with E-state index in [1.54, 1.807) is 28.7 Å². The van der Waals surface area contributed by atoms with Crippen LogP contribution in [0.2, 0.25) is 0 Å². The van der Waals surface area contributed by atoms with E-state index >= 15 is 0 Å². The first kappa shape index (κ1) is 23.1. The highest BCUT2D eigenvalue weighted by molar-refractivity contribution is 7.09. The van der Waals surface area contributed by atoms with Gasteiger partial charge in [-0.2, -0.15) is 0 Å². The predicted molar refractivity (Wildman–Crippen MR) is 126 cm³/mol. The molecule has 0 radical (unpaired) electrons. The number of hydrogen-bond acceptors (Lipinski definition) is 7. The van der Waals surface area contributed by atoms with Crippen LogP contribution in [-0.4, -0.2) is 46.6 Å². The largest absolute Gasteiger partial charge is 0.488 e. The molecule has 1 N–H and O–H groups in total. The second kappa shape index (κ2) is 9.05. The highest BCUT2D eigenvalue weighted by Crippen LogP contribution is 2.30. The van der Waals surface area contributed by atoms with Gasteiger partial charge >= 0.3 is 6.09 Å². The van der Waals surface area contributed by atoms with Crippen LogP contribution in [0.15, 0.2) is 28.1 Å². The minimum Gasteiger partial charge on any atom is -0.488 e. The van der Waals surface area contributed by atoms with Crippen molar-refractivity contribution >= 4 is 34.3 Å². The molecule has 0 saturated carbocycles. The van der Waals surface area contributed by atoms with Gasteiger partial charge in [0.1, 0.15) is 29.3 Å². The van der Waals surface area contributed by atoms with Gasteiger partial charge in [-0.05, 0) is 59.2 Å². The number of benzene rings is 1. The number of nitrogens with one attached hydrogen (secondary N) is 1. The molecule has 33 heavy (non-hydrogen) atoms. The Morgan fingerprint density at radius 1 is 1.30 bits per heavy atom. The fraction of sp³-hybridized carbons (Fsp3) is 0.458. The number of rotatable bonds is 5. The van der Waals surface area contributed by atoms with Gasteiger partial charge in [-0.3, -0.25) is 4.79 Å². The molecule has 1 aliphatic heterocycles. The Morgan fingerprint density at radius 3 is 2.79 bits per heavy atom. The summed E-state index contributed by atoms with van der Waals surface area (Å²) in [5, 5.41) is 3.75. The number of fused-ring (bicyclic) bond motifs is 1. The molecule has 3 heterocycles. The maximum atomic E-state index is 13.1. The topological polar surface area (TPSA) is 93.9 Å². The molecule has 0 spiro atoms. The van der Waals surface area contributed by atoms with Crippen molar-refractivity contribution < 1.29 is 23.5 Å². The van der Waals surface area contributed by atoms with E-state index in [1.165, 1.54) is 0 Å². The number of aromatic nitrogens is 1. The molecular formula is C24H29N3O5S. The fourth-order valence-corrected chi connectivity index (χ4v) is 4.50. The summed E-state index contributed by atoms with van der Waals surface area (Å²) in [6.45, 7) is 10.6. The van der Waals surface area contributed by atoms with Gasteiger partial charge in [0.2, 0.25) is 0 Å².